The van der Waals surface area contributed by atoms with Crippen LogP contribution in [0.5, 0.6) is 11.5 Å². The van der Waals surface area contributed by atoms with Crippen molar-refractivity contribution in [2.24, 2.45) is 4.99 Å². The minimum Gasteiger partial charge on any atom is -0.481 e. The Labute approximate surface area is 149 Å². The molecule has 1 fully saturated rings. The van der Waals surface area contributed by atoms with Crippen LogP contribution in [0.25, 0.3) is 0 Å². The van der Waals surface area contributed by atoms with Crippen LogP contribution in [0.2, 0.25) is 0 Å². The van der Waals surface area contributed by atoms with Gasteiger partial charge in [0.05, 0.1) is 12.0 Å². The van der Waals surface area contributed by atoms with Gasteiger partial charge in [0, 0.05) is 31.7 Å². The van der Waals surface area contributed by atoms with E-state index < -0.39 is 5.97 Å². The first-order valence-electron chi connectivity index (χ1n) is 8.46. The summed E-state index contributed by atoms with van der Waals surface area (Å²) >= 11 is 0. The van der Waals surface area contributed by atoms with Crippen molar-refractivity contribution in [1.29, 1.82) is 0 Å². The third kappa shape index (κ3) is 3.25. The SMILES string of the molecule is O=C(O)CC1CN(C2=Nc3ccc(F)cc3Oc3ccccc32)CCN1. The van der Waals surface area contributed by atoms with E-state index in [2.05, 4.69) is 10.2 Å². The van der Waals surface area contributed by atoms with Crippen LogP contribution in [0, 0.1) is 5.82 Å². The average Bonchev–Trinajstić information content (AvgIpc) is 2.77. The molecule has 4 rings (SSSR count). The smallest absolute Gasteiger partial charge is 0.304 e. The second kappa shape index (κ2) is 6.76. The standard InChI is InChI=1S/C19H18FN3O3/c20-12-5-6-15-17(9-12)26-16-4-2-1-3-14(16)19(22-15)23-8-7-21-13(11-23)10-18(24)25/h1-6,9,13,21H,7-8,10-11H2,(H,24,25). The van der Waals surface area contributed by atoms with Gasteiger partial charge in [0.2, 0.25) is 0 Å². The molecule has 6 nitrogen and oxygen atoms in total. The monoisotopic (exact) mass is 355 g/mol. The Bertz CT molecular complexity index is 884. The molecule has 0 aromatic heterocycles. The Hall–Kier alpha value is -2.93. The first kappa shape index (κ1) is 16.5. The third-order valence-corrected chi connectivity index (χ3v) is 4.47. The van der Waals surface area contributed by atoms with Crippen LogP contribution in [-0.4, -0.2) is 47.5 Å². The van der Waals surface area contributed by atoms with E-state index in [0.29, 0.717) is 42.7 Å². The number of fused-ring (bicyclic) bond motifs is 2. The molecule has 2 aliphatic heterocycles. The van der Waals surface area contributed by atoms with Crippen molar-refractivity contribution in [2.45, 2.75) is 12.5 Å². The molecule has 2 aromatic carbocycles. The quantitative estimate of drug-likeness (QED) is 0.867. The number of piperazine rings is 1. The topological polar surface area (TPSA) is 74.2 Å². The summed E-state index contributed by atoms with van der Waals surface area (Å²) in [5.41, 5.74) is 1.35. The van der Waals surface area contributed by atoms with Crippen LogP contribution in [0.1, 0.15) is 12.0 Å². The number of benzene rings is 2. The lowest BCUT2D eigenvalue weighted by molar-refractivity contribution is -0.137. The van der Waals surface area contributed by atoms with Crippen LogP contribution < -0.4 is 10.1 Å². The zero-order chi connectivity index (χ0) is 18.1. The fourth-order valence-corrected chi connectivity index (χ4v) is 3.30. The number of aliphatic imine (C=N–C) groups is 1. The molecular formula is C19H18FN3O3. The Kier molecular flexibility index (Phi) is 4.30. The number of rotatable bonds is 2. The van der Waals surface area contributed by atoms with E-state index in [9.17, 15) is 9.18 Å². The first-order chi connectivity index (χ1) is 12.6. The van der Waals surface area contributed by atoms with Crippen LogP contribution in [-0.2, 0) is 4.79 Å². The minimum atomic E-state index is -0.836. The summed E-state index contributed by atoms with van der Waals surface area (Å²) in [4.78, 5) is 17.8. The second-order valence-electron chi connectivity index (χ2n) is 6.34. The molecule has 0 saturated carbocycles. The zero-order valence-electron chi connectivity index (χ0n) is 14.0. The Morgan fingerprint density at radius 2 is 2.15 bits per heavy atom. The molecule has 134 valence electrons. The van der Waals surface area contributed by atoms with Gasteiger partial charge in [-0.2, -0.15) is 0 Å². The number of carbonyl (C=O) groups is 1. The number of halogens is 1. The lowest BCUT2D eigenvalue weighted by atomic mass is 10.1. The van der Waals surface area contributed by atoms with Crippen molar-refractivity contribution in [3.63, 3.8) is 0 Å². The van der Waals surface area contributed by atoms with Crippen molar-refractivity contribution in [3.8, 4) is 11.5 Å². The highest BCUT2D eigenvalue weighted by molar-refractivity contribution is 6.03. The number of aliphatic carboxylic acids is 1. The van der Waals surface area contributed by atoms with Crippen molar-refractivity contribution < 1.29 is 19.0 Å². The third-order valence-electron chi connectivity index (χ3n) is 4.47. The van der Waals surface area contributed by atoms with E-state index in [1.807, 2.05) is 24.3 Å². The summed E-state index contributed by atoms with van der Waals surface area (Å²) in [5, 5.41) is 12.3. The molecule has 1 saturated heterocycles. The maximum atomic E-state index is 13.6. The zero-order valence-corrected chi connectivity index (χ0v) is 14.0. The number of ether oxygens (including phenoxy) is 1. The maximum Gasteiger partial charge on any atom is 0.304 e. The molecule has 0 bridgehead atoms. The van der Waals surface area contributed by atoms with Crippen LogP contribution in [0.3, 0.4) is 0 Å². The lowest BCUT2D eigenvalue weighted by Crippen LogP contribution is -2.53. The second-order valence-corrected chi connectivity index (χ2v) is 6.34. The summed E-state index contributed by atoms with van der Waals surface area (Å²) in [6.07, 6.45) is 0.0454. The molecule has 0 spiro atoms. The van der Waals surface area contributed by atoms with Gasteiger partial charge in [-0.05, 0) is 24.3 Å². The Morgan fingerprint density at radius 3 is 3.00 bits per heavy atom. The van der Waals surface area contributed by atoms with Gasteiger partial charge in [-0.1, -0.05) is 12.1 Å². The highest BCUT2D eigenvalue weighted by Gasteiger charge is 2.28. The van der Waals surface area contributed by atoms with Crippen molar-refractivity contribution >= 4 is 17.5 Å². The van der Waals surface area contributed by atoms with E-state index in [0.717, 1.165) is 5.56 Å². The number of nitrogens with zero attached hydrogens (tertiary/aromatic N) is 2. The summed E-state index contributed by atoms with van der Waals surface area (Å²) < 4.78 is 19.5. The molecule has 0 amide bonds. The fraction of sp³-hybridized carbons (Fsp3) is 0.263. The molecule has 2 aliphatic rings. The number of hydrogen-bond donors (Lipinski definition) is 2. The van der Waals surface area contributed by atoms with E-state index in [1.54, 1.807) is 6.07 Å². The predicted octanol–water partition coefficient (Wildman–Crippen LogP) is 2.76. The van der Waals surface area contributed by atoms with Crippen molar-refractivity contribution in [3.05, 3.63) is 53.8 Å². The molecule has 7 heteroatoms. The van der Waals surface area contributed by atoms with Crippen LogP contribution >= 0.6 is 0 Å². The normalized spacial score (nSPS) is 18.9. The highest BCUT2D eigenvalue weighted by Crippen LogP contribution is 2.38. The molecule has 26 heavy (non-hydrogen) atoms. The molecular weight excluding hydrogens is 337 g/mol. The van der Waals surface area contributed by atoms with E-state index in [4.69, 9.17) is 14.8 Å². The maximum absolute atomic E-state index is 13.6. The van der Waals surface area contributed by atoms with Crippen molar-refractivity contribution in [1.82, 2.24) is 10.2 Å². The van der Waals surface area contributed by atoms with Crippen molar-refractivity contribution in [2.75, 3.05) is 19.6 Å². The average molecular weight is 355 g/mol. The van der Waals surface area contributed by atoms with Gasteiger partial charge in [0.15, 0.2) is 5.75 Å². The summed E-state index contributed by atoms with van der Waals surface area (Å²) in [5.74, 6) is 0.455. The van der Waals surface area contributed by atoms with Gasteiger partial charge < -0.3 is 20.1 Å². The highest BCUT2D eigenvalue weighted by atomic mass is 19.1. The Balaban J connectivity index is 1.75. The number of para-hydroxylation sites is 1. The Morgan fingerprint density at radius 1 is 1.31 bits per heavy atom. The van der Waals surface area contributed by atoms with Gasteiger partial charge in [0.1, 0.15) is 23.1 Å². The molecule has 1 unspecified atom stereocenters. The lowest BCUT2D eigenvalue weighted by Gasteiger charge is -2.35. The molecule has 0 aliphatic carbocycles. The van der Waals surface area contributed by atoms with E-state index >= 15 is 0 Å². The predicted molar refractivity (Wildman–Crippen MR) is 94.7 cm³/mol. The van der Waals surface area contributed by atoms with Crippen LogP contribution in [0.4, 0.5) is 10.1 Å². The molecule has 1 atom stereocenters. The molecule has 2 N–H and O–H groups in total. The van der Waals surface area contributed by atoms with Gasteiger partial charge >= 0.3 is 5.97 Å². The molecule has 2 heterocycles. The number of carboxylic acids is 1. The van der Waals surface area contributed by atoms with Gasteiger partial charge in [-0.15, -0.1) is 0 Å². The number of carboxylic acid groups (broad SMARTS) is 1. The van der Waals surface area contributed by atoms with E-state index in [-0.39, 0.29) is 18.3 Å². The summed E-state index contributed by atoms with van der Waals surface area (Å²) in [6, 6.07) is 11.6. The summed E-state index contributed by atoms with van der Waals surface area (Å²) in [7, 11) is 0. The first-order valence-corrected chi connectivity index (χ1v) is 8.46. The number of hydrogen-bond acceptors (Lipinski definition) is 5. The van der Waals surface area contributed by atoms with Crippen LogP contribution in [0.15, 0.2) is 47.5 Å². The summed E-state index contributed by atoms with van der Waals surface area (Å²) in [6.45, 7) is 1.88. The number of amidine groups is 1. The van der Waals surface area contributed by atoms with Gasteiger partial charge in [-0.25, -0.2) is 9.38 Å². The van der Waals surface area contributed by atoms with E-state index in [1.165, 1.54) is 12.1 Å². The minimum absolute atomic E-state index is 0.0454. The van der Waals surface area contributed by atoms with Gasteiger partial charge in [0.25, 0.3) is 0 Å². The molecule has 2 aromatic rings. The fourth-order valence-electron chi connectivity index (χ4n) is 3.30. The van der Waals surface area contributed by atoms with Gasteiger partial charge in [-0.3, -0.25) is 4.79 Å². The largest absolute Gasteiger partial charge is 0.481 e. The number of nitrogens with one attached hydrogen (secondary N) is 1. The molecule has 0 radical (unpaired) electrons.